The average Bonchev–Trinajstić information content (AvgIpc) is 2.19. The fraction of sp³-hybridized carbons (Fsp3) is 0.455. The van der Waals surface area contributed by atoms with Crippen molar-refractivity contribution in [1.29, 1.82) is 0 Å². The smallest absolute Gasteiger partial charge is 0.140 e. The normalized spacial score (nSPS) is 11.6. The van der Waals surface area contributed by atoms with Crippen molar-refractivity contribution < 1.29 is 0 Å². The van der Waals surface area contributed by atoms with Crippen molar-refractivity contribution in [3.63, 3.8) is 0 Å². The third-order valence-electron chi connectivity index (χ3n) is 2.29. The molecule has 0 aliphatic rings. The lowest BCUT2D eigenvalue weighted by Crippen LogP contribution is -2.35. The molecule has 1 rings (SSSR count). The van der Waals surface area contributed by atoms with E-state index in [2.05, 4.69) is 6.92 Å². The summed E-state index contributed by atoms with van der Waals surface area (Å²) in [6, 6.07) is 11.0. The molecule has 0 aliphatic heterocycles. The highest BCUT2D eigenvalue weighted by Gasteiger charge is 2.29. The summed E-state index contributed by atoms with van der Waals surface area (Å²) in [6.45, 7) is 0.0165. The molecular weight excluding hydrogens is 231 g/mol. The summed E-state index contributed by atoms with van der Waals surface area (Å²) in [7, 11) is 0. The van der Waals surface area contributed by atoms with E-state index in [9.17, 15) is 0 Å². The summed E-state index contributed by atoms with van der Waals surface area (Å²) in [5.41, 5.74) is 0. The van der Waals surface area contributed by atoms with Crippen LogP contribution in [-0.4, -0.2) is 6.69 Å². The highest BCUT2D eigenvalue weighted by atomic mass is 35.7. The fourth-order valence-corrected chi connectivity index (χ4v) is 4.64. The Morgan fingerprint density at radius 1 is 1.07 bits per heavy atom. The fourth-order valence-electron chi connectivity index (χ4n) is 1.42. The van der Waals surface area contributed by atoms with Crippen LogP contribution in [0.4, 0.5) is 0 Å². The Labute approximate surface area is 96.7 Å². The molecule has 3 heteroatoms. The minimum absolute atomic E-state index is 0.966. The number of rotatable bonds is 5. The molecule has 0 N–H and O–H groups in total. The number of benzene rings is 1. The summed E-state index contributed by atoms with van der Waals surface area (Å²) in [5.74, 6) is 0. The van der Waals surface area contributed by atoms with Crippen LogP contribution in [0.5, 0.6) is 0 Å². The first-order chi connectivity index (χ1) is 6.67. The van der Waals surface area contributed by atoms with Crippen LogP contribution in [0.1, 0.15) is 26.2 Å². The van der Waals surface area contributed by atoms with E-state index in [4.69, 9.17) is 22.2 Å². The van der Waals surface area contributed by atoms with Crippen LogP contribution in [0, 0.1) is 0 Å². The molecule has 0 aromatic heterocycles. The molecule has 0 atom stereocenters. The maximum absolute atomic E-state index is 6.40. The zero-order valence-electron chi connectivity index (χ0n) is 8.47. The first kappa shape index (κ1) is 12.1. The summed E-state index contributed by atoms with van der Waals surface area (Å²) < 4.78 is 0. The minimum Gasteiger partial charge on any atom is -0.140 e. The molecule has 1 aromatic rings. The van der Waals surface area contributed by atoms with Gasteiger partial charge in [-0.2, -0.15) is 0 Å². The molecular formula is C11H16Cl2Si. The molecule has 0 fully saturated rings. The van der Waals surface area contributed by atoms with E-state index in [-0.39, 0.29) is 0 Å². The number of hydrogen-bond donors (Lipinski definition) is 0. The maximum atomic E-state index is 6.40. The van der Waals surface area contributed by atoms with Gasteiger partial charge in [-0.1, -0.05) is 56.5 Å². The SMILES string of the molecule is CCCCC[Si](Cl)(Cl)c1ccccc1. The molecule has 0 nitrogen and oxygen atoms in total. The molecule has 0 heterocycles. The van der Waals surface area contributed by atoms with Gasteiger partial charge >= 0.3 is 0 Å². The molecule has 0 spiro atoms. The zero-order valence-corrected chi connectivity index (χ0v) is 11.0. The van der Waals surface area contributed by atoms with E-state index in [1.54, 1.807) is 0 Å². The molecule has 0 aliphatic carbocycles. The molecule has 14 heavy (non-hydrogen) atoms. The molecule has 0 saturated carbocycles. The molecule has 78 valence electrons. The lowest BCUT2D eigenvalue weighted by Gasteiger charge is -2.16. The van der Waals surface area contributed by atoms with Crippen LogP contribution < -0.4 is 5.19 Å². The highest BCUT2D eigenvalue weighted by molar-refractivity contribution is 7.50. The van der Waals surface area contributed by atoms with Gasteiger partial charge in [0.05, 0.1) is 0 Å². The Morgan fingerprint density at radius 3 is 2.29 bits per heavy atom. The van der Waals surface area contributed by atoms with Crippen LogP contribution in [0.3, 0.4) is 0 Å². The quantitative estimate of drug-likeness (QED) is 0.419. The zero-order chi connectivity index (χ0) is 10.4. The molecule has 0 saturated heterocycles. The van der Waals surface area contributed by atoms with Crippen LogP contribution in [0.15, 0.2) is 30.3 Å². The van der Waals surface area contributed by atoms with Gasteiger partial charge in [-0.3, -0.25) is 0 Å². The summed E-state index contributed by atoms with van der Waals surface area (Å²) in [5, 5.41) is 1.14. The standard InChI is InChI=1S/C11H16Cl2Si/c1-2-3-7-10-14(12,13)11-8-5-4-6-9-11/h4-6,8-9H,2-3,7,10H2,1H3. The van der Waals surface area contributed by atoms with Crippen molar-refractivity contribution in [3.8, 4) is 0 Å². The van der Waals surface area contributed by atoms with E-state index >= 15 is 0 Å². The molecule has 0 unspecified atom stereocenters. The van der Waals surface area contributed by atoms with Gasteiger partial charge in [0.1, 0.15) is 0 Å². The van der Waals surface area contributed by atoms with Crippen LogP contribution in [-0.2, 0) is 0 Å². The average molecular weight is 247 g/mol. The van der Waals surface area contributed by atoms with Crippen molar-refractivity contribution in [3.05, 3.63) is 30.3 Å². The Hall–Kier alpha value is 0.0169. The Balaban J connectivity index is 2.56. The Kier molecular flexibility index (Phi) is 5.00. The van der Waals surface area contributed by atoms with Gasteiger partial charge in [-0.05, 0) is 11.2 Å². The highest BCUT2D eigenvalue weighted by Crippen LogP contribution is 2.23. The van der Waals surface area contributed by atoms with E-state index in [0.29, 0.717) is 0 Å². The third-order valence-corrected chi connectivity index (χ3v) is 6.89. The van der Waals surface area contributed by atoms with Gasteiger partial charge < -0.3 is 0 Å². The van der Waals surface area contributed by atoms with Crippen LogP contribution >= 0.6 is 22.2 Å². The predicted molar refractivity (Wildman–Crippen MR) is 67.9 cm³/mol. The topological polar surface area (TPSA) is 0 Å². The van der Waals surface area contributed by atoms with E-state index in [1.165, 1.54) is 12.8 Å². The van der Waals surface area contributed by atoms with Gasteiger partial charge in [0.15, 0.2) is 0 Å². The van der Waals surface area contributed by atoms with Crippen molar-refractivity contribution in [1.82, 2.24) is 0 Å². The van der Waals surface area contributed by atoms with Gasteiger partial charge in [-0.15, -0.1) is 22.2 Å². The number of halogens is 2. The Bertz CT molecular complexity index is 259. The summed E-state index contributed by atoms with van der Waals surface area (Å²) in [6.07, 6.45) is 3.58. The van der Waals surface area contributed by atoms with E-state index in [1.807, 2.05) is 30.3 Å². The van der Waals surface area contributed by atoms with Gasteiger partial charge in [0.2, 0.25) is 0 Å². The van der Waals surface area contributed by atoms with Gasteiger partial charge in [0, 0.05) is 0 Å². The monoisotopic (exact) mass is 246 g/mol. The van der Waals surface area contributed by atoms with Crippen LogP contribution in [0.25, 0.3) is 0 Å². The van der Waals surface area contributed by atoms with Crippen molar-refractivity contribution >= 4 is 34.0 Å². The lowest BCUT2D eigenvalue weighted by molar-refractivity contribution is 0.768. The first-order valence-electron chi connectivity index (χ1n) is 5.10. The second kappa shape index (κ2) is 5.79. The Morgan fingerprint density at radius 2 is 1.71 bits per heavy atom. The molecule has 0 amide bonds. The second-order valence-corrected chi connectivity index (χ2v) is 10.5. The largest absolute Gasteiger partial charge is 0.280 e. The lowest BCUT2D eigenvalue weighted by atomic mass is 10.3. The first-order valence-corrected chi connectivity index (χ1v) is 9.33. The second-order valence-electron chi connectivity index (χ2n) is 3.53. The van der Waals surface area contributed by atoms with Crippen molar-refractivity contribution in [2.75, 3.05) is 0 Å². The van der Waals surface area contributed by atoms with Gasteiger partial charge in [-0.25, -0.2) is 0 Å². The maximum Gasteiger partial charge on any atom is 0.280 e. The minimum atomic E-state index is -2.17. The summed E-state index contributed by atoms with van der Waals surface area (Å²) in [4.78, 5) is 0. The summed E-state index contributed by atoms with van der Waals surface area (Å²) >= 11 is 12.8. The van der Waals surface area contributed by atoms with E-state index < -0.39 is 6.69 Å². The van der Waals surface area contributed by atoms with Crippen molar-refractivity contribution in [2.24, 2.45) is 0 Å². The predicted octanol–water partition coefficient (Wildman–Crippen LogP) is 4.00. The van der Waals surface area contributed by atoms with Crippen molar-refractivity contribution in [2.45, 2.75) is 32.2 Å². The molecule has 0 radical (unpaired) electrons. The van der Waals surface area contributed by atoms with Crippen LogP contribution in [0.2, 0.25) is 6.04 Å². The van der Waals surface area contributed by atoms with E-state index in [0.717, 1.165) is 17.7 Å². The molecule has 0 bridgehead atoms. The number of unbranched alkanes of at least 4 members (excludes halogenated alkanes) is 2. The van der Waals surface area contributed by atoms with Gasteiger partial charge in [0.25, 0.3) is 6.69 Å². The third kappa shape index (κ3) is 3.64. The number of hydrogen-bond acceptors (Lipinski definition) is 0. The molecule has 1 aromatic carbocycles.